The number of carbonyl (C=O) groups excluding carboxylic acids is 1. The number of fused-ring (bicyclic) bond motifs is 2. The van der Waals surface area contributed by atoms with Crippen LogP contribution in [0.25, 0.3) is 10.2 Å². The van der Waals surface area contributed by atoms with Gasteiger partial charge in [-0.05, 0) is 26.2 Å². The molecule has 31 heavy (non-hydrogen) atoms. The highest BCUT2D eigenvalue weighted by molar-refractivity contribution is 7.21. The minimum atomic E-state index is -0.252. The first kappa shape index (κ1) is 20.1. The fourth-order valence-electron chi connectivity index (χ4n) is 4.24. The maximum atomic E-state index is 14.9. The molecule has 1 aliphatic carbocycles. The van der Waals surface area contributed by atoms with Gasteiger partial charge in [-0.2, -0.15) is 0 Å². The number of nitrogen functional groups attached to an aromatic ring is 1. The number of nitrogens with one attached hydrogen (secondary N) is 2. The number of aryl methyl sites for hydroxylation is 2. The molecule has 1 saturated heterocycles. The topological polar surface area (TPSA) is 109 Å². The van der Waals surface area contributed by atoms with Crippen LogP contribution < -0.4 is 21.3 Å². The van der Waals surface area contributed by atoms with Gasteiger partial charge in [0.1, 0.15) is 27.2 Å². The number of pyridine rings is 1. The number of anilines is 2. The Hall–Kier alpha value is -2.85. The number of rotatable bonds is 3. The van der Waals surface area contributed by atoms with Crippen molar-refractivity contribution in [2.75, 3.05) is 36.8 Å². The highest BCUT2D eigenvalue weighted by Crippen LogP contribution is 2.32. The molecule has 0 spiro atoms. The van der Waals surface area contributed by atoms with E-state index in [1.54, 1.807) is 13.1 Å². The monoisotopic (exact) mass is 441 g/mol. The maximum Gasteiger partial charge on any atom is 0.263 e. The van der Waals surface area contributed by atoms with Crippen molar-refractivity contribution in [1.82, 2.24) is 25.6 Å². The summed E-state index contributed by atoms with van der Waals surface area (Å²) in [6, 6.07) is 1.36. The average molecular weight is 442 g/mol. The van der Waals surface area contributed by atoms with Crippen LogP contribution in [0.2, 0.25) is 0 Å². The van der Waals surface area contributed by atoms with Gasteiger partial charge >= 0.3 is 0 Å². The maximum absolute atomic E-state index is 14.9. The van der Waals surface area contributed by atoms with Gasteiger partial charge in [0.25, 0.3) is 5.91 Å². The molecule has 2 aliphatic rings. The van der Waals surface area contributed by atoms with Crippen LogP contribution >= 0.6 is 11.3 Å². The molecule has 1 fully saturated rings. The second-order valence-electron chi connectivity index (χ2n) is 8.02. The van der Waals surface area contributed by atoms with E-state index in [2.05, 4.69) is 25.5 Å². The smallest absolute Gasteiger partial charge is 0.263 e. The van der Waals surface area contributed by atoms with E-state index < -0.39 is 0 Å². The molecule has 1 unspecified atom stereocenters. The molecule has 1 amide bonds. The SMILES string of the molecule is Cc1ncc2c(N)c(C(=O)NC3CCc4nc(N5CCNCC5)cc(F)c4C3)sc2n1. The summed E-state index contributed by atoms with van der Waals surface area (Å²) < 4.78 is 14.9. The Kier molecular flexibility index (Phi) is 5.19. The number of halogens is 1. The molecule has 0 radical (unpaired) electrons. The standard InChI is InChI=1S/C21H24FN7OS/c1-11-25-10-14-18(23)19(31-21(14)26-11)20(30)27-12-2-3-16-13(8-12)15(22)9-17(28-16)29-6-4-24-5-7-29/h9-10,12,24H,2-8,23H2,1H3,(H,27,30). The average Bonchev–Trinajstić information content (AvgIpc) is 3.10. The third-order valence-corrected chi connectivity index (χ3v) is 7.03. The Labute approximate surface area is 183 Å². The summed E-state index contributed by atoms with van der Waals surface area (Å²) in [5, 5.41) is 7.01. The molecule has 5 rings (SSSR count). The van der Waals surface area contributed by atoms with Gasteiger partial charge in [-0.1, -0.05) is 0 Å². The molecule has 1 aliphatic heterocycles. The number of carbonyl (C=O) groups is 1. The normalized spacial score (nSPS) is 18.8. The number of nitrogens with zero attached hydrogens (tertiary/aromatic N) is 4. The van der Waals surface area contributed by atoms with E-state index in [-0.39, 0.29) is 17.8 Å². The summed E-state index contributed by atoms with van der Waals surface area (Å²) in [5.41, 5.74) is 7.96. The Balaban J connectivity index is 1.33. The molecule has 4 heterocycles. The number of hydrogen-bond donors (Lipinski definition) is 3. The van der Waals surface area contributed by atoms with Crippen molar-refractivity contribution < 1.29 is 9.18 Å². The zero-order valence-electron chi connectivity index (χ0n) is 17.2. The third kappa shape index (κ3) is 3.81. The first-order valence-electron chi connectivity index (χ1n) is 10.5. The highest BCUT2D eigenvalue weighted by Gasteiger charge is 2.27. The molecule has 0 saturated carbocycles. The van der Waals surface area contributed by atoms with Crippen molar-refractivity contribution >= 4 is 39.0 Å². The number of aromatic nitrogens is 3. The largest absolute Gasteiger partial charge is 0.397 e. The van der Waals surface area contributed by atoms with Crippen LogP contribution in [-0.4, -0.2) is 53.1 Å². The summed E-state index contributed by atoms with van der Waals surface area (Å²) in [4.78, 5) is 29.4. The third-order valence-electron chi connectivity index (χ3n) is 5.91. The Morgan fingerprint density at radius 1 is 1.35 bits per heavy atom. The number of hydrogen-bond acceptors (Lipinski definition) is 8. The Morgan fingerprint density at radius 2 is 2.16 bits per heavy atom. The van der Waals surface area contributed by atoms with Crippen LogP contribution in [0.1, 0.15) is 33.2 Å². The molecule has 4 N–H and O–H groups in total. The second-order valence-corrected chi connectivity index (χ2v) is 9.02. The summed E-state index contributed by atoms with van der Waals surface area (Å²) >= 11 is 1.26. The zero-order valence-corrected chi connectivity index (χ0v) is 18.1. The Bertz CT molecular complexity index is 1160. The van der Waals surface area contributed by atoms with Crippen LogP contribution in [0.4, 0.5) is 15.9 Å². The number of amides is 1. The first-order valence-corrected chi connectivity index (χ1v) is 11.3. The van der Waals surface area contributed by atoms with Gasteiger partial charge < -0.3 is 21.3 Å². The lowest BCUT2D eigenvalue weighted by atomic mass is 9.91. The van der Waals surface area contributed by atoms with Crippen LogP contribution in [0.3, 0.4) is 0 Å². The molecule has 0 aromatic carbocycles. The minimum Gasteiger partial charge on any atom is -0.397 e. The molecular formula is C21H24FN7OS. The molecule has 0 bridgehead atoms. The summed E-state index contributed by atoms with van der Waals surface area (Å²) in [6.07, 6.45) is 3.41. The number of thiophene rings is 1. The van der Waals surface area contributed by atoms with E-state index in [0.717, 1.165) is 31.9 Å². The predicted octanol–water partition coefficient (Wildman–Crippen LogP) is 1.81. The van der Waals surface area contributed by atoms with Crippen molar-refractivity contribution in [2.24, 2.45) is 0 Å². The van der Waals surface area contributed by atoms with Gasteiger partial charge in [-0.25, -0.2) is 19.3 Å². The van der Waals surface area contributed by atoms with Crippen LogP contribution in [0.5, 0.6) is 0 Å². The molecule has 10 heteroatoms. The van der Waals surface area contributed by atoms with Crippen LogP contribution in [-0.2, 0) is 12.8 Å². The minimum absolute atomic E-state index is 0.168. The fourth-order valence-corrected chi connectivity index (χ4v) is 5.26. The molecule has 1 atom stereocenters. The van der Waals surface area contributed by atoms with Gasteiger partial charge in [0, 0.05) is 55.7 Å². The van der Waals surface area contributed by atoms with E-state index in [1.807, 2.05) is 0 Å². The van der Waals surface area contributed by atoms with Crippen molar-refractivity contribution in [3.63, 3.8) is 0 Å². The van der Waals surface area contributed by atoms with Gasteiger partial charge in [0.05, 0.1) is 11.1 Å². The summed E-state index contributed by atoms with van der Waals surface area (Å²) in [5.74, 6) is 0.837. The van der Waals surface area contributed by atoms with Crippen LogP contribution in [0, 0.1) is 12.7 Å². The van der Waals surface area contributed by atoms with E-state index >= 15 is 0 Å². The zero-order chi connectivity index (χ0) is 21.5. The molecule has 3 aromatic rings. The first-order chi connectivity index (χ1) is 15.0. The van der Waals surface area contributed by atoms with Gasteiger partial charge in [-0.15, -0.1) is 11.3 Å². The molecule has 8 nitrogen and oxygen atoms in total. The number of nitrogens with two attached hydrogens (primary N) is 1. The summed E-state index contributed by atoms with van der Waals surface area (Å²) in [6.45, 7) is 5.19. The fraction of sp³-hybridized carbons (Fsp3) is 0.429. The lowest BCUT2D eigenvalue weighted by Gasteiger charge is -2.31. The highest BCUT2D eigenvalue weighted by atomic mass is 32.1. The number of piperazine rings is 1. The van der Waals surface area contributed by atoms with Gasteiger partial charge in [-0.3, -0.25) is 4.79 Å². The van der Waals surface area contributed by atoms with E-state index in [0.29, 0.717) is 57.2 Å². The Morgan fingerprint density at radius 3 is 2.97 bits per heavy atom. The summed E-state index contributed by atoms with van der Waals surface area (Å²) in [7, 11) is 0. The molecule has 3 aromatic heterocycles. The van der Waals surface area contributed by atoms with Crippen molar-refractivity contribution in [3.8, 4) is 0 Å². The van der Waals surface area contributed by atoms with Crippen molar-refractivity contribution in [2.45, 2.75) is 32.2 Å². The van der Waals surface area contributed by atoms with Gasteiger partial charge in [0.2, 0.25) is 0 Å². The van der Waals surface area contributed by atoms with Gasteiger partial charge in [0.15, 0.2) is 0 Å². The van der Waals surface area contributed by atoms with Crippen LogP contribution in [0.15, 0.2) is 12.3 Å². The lowest BCUT2D eigenvalue weighted by molar-refractivity contribution is 0.0938. The van der Waals surface area contributed by atoms with E-state index in [1.165, 1.54) is 17.4 Å². The van der Waals surface area contributed by atoms with E-state index in [9.17, 15) is 9.18 Å². The molecular weight excluding hydrogens is 417 g/mol. The lowest BCUT2D eigenvalue weighted by Crippen LogP contribution is -2.44. The quantitative estimate of drug-likeness (QED) is 0.569. The molecule has 162 valence electrons. The van der Waals surface area contributed by atoms with Crippen molar-refractivity contribution in [1.29, 1.82) is 0 Å². The predicted molar refractivity (Wildman–Crippen MR) is 119 cm³/mol. The van der Waals surface area contributed by atoms with E-state index in [4.69, 9.17) is 10.7 Å². The second kappa shape index (κ2) is 8.01. The van der Waals surface area contributed by atoms with Crippen molar-refractivity contribution in [3.05, 3.63) is 40.0 Å².